The summed E-state index contributed by atoms with van der Waals surface area (Å²) in [5.74, 6) is -0.147. The largest absolute Gasteiger partial charge is 0.394 e. The van der Waals surface area contributed by atoms with Crippen molar-refractivity contribution < 1.29 is 39.8 Å². The normalized spacial score (nSPS) is 19.9. The molecular weight excluding hydrogens is 851 g/mol. The van der Waals surface area contributed by atoms with Crippen molar-refractivity contribution in [1.29, 1.82) is 0 Å². The zero-order chi connectivity index (χ0) is 49.4. The first-order chi connectivity index (χ1) is 33.3. The molecule has 9 heteroatoms. The second kappa shape index (κ2) is 48.8. The molecule has 0 saturated carbocycles. The SMILES string of the molecule is CC/C=C\C/C=C\C/C=C\C/C=C\CCCCCCCCCCCCC(=O)NC(COC1OC(CO)C(O)C(O)C1O)C(O)CCCCCCCCCCCCCCCCCCCCCCCC. The Bertz CT molecular complexity index is 1210. The Labute approximate surface area is 418 Å². The van der Waals surface area contributed by atoms with E-state index in [1.165, 1.54) is 167 Å². The number of aliphatic hydroxyl groups is 5. The summed E-state index contributed by atoms with van der Waals surface area (Å²) in [5.41, 5.74) is 0. The van der Waals surface area contributed by atoms with E-state index in [9.17, 15) is 30.3 Å². The molecule has 7 unspecified atom stereocenters. The Kier molecular flexibility index (Phi) is 46.0. The van der Waals surface area contributed by atoms with Crippen LogP contribution in [0, 0.1) is 0 Å². The van der Waals surface area contributed by atoms with Crippen LogP contribution in [0.25, 0.3) is 0 Å². The van der Waals surface area contributed by atoms with E-state index in [0.717, 1.165) is 70.6 Å². The zero-order valence-electron chi connectivity index (χ0n) is 44.1. The Morgan fingerprint density at radius 3 is 1.35 bits per heavy atom. The van der Waals surface area contributed by atoms with Crippen molar-refractivity contribution >= 4 is 5.91 Å². The van der Waals surface area contributed by atoms with Crippen molar-refractivity contribution in [1.82, 2.24) is 5.32 Å². The summed E-state index contributed by atoms with van der Waals surface area (Å²) in [5, 5.41) is 54.7. The number of rotatable bonds is 49. The molecule has 398 valence electrons. The van der Waals surface area contributed by atoms with Gasteiger partial charge in [0.2, 0.25) is 5.91 Å². The van der Waals surface area contributed by atoms with E-state index in [1.54, 1.807) is 0 Å². The quantitative estimate of drug-likeness (QED) is 0.0261. The van der Waals surface area contributed by atoms with Gasteiger partial charge in [0.25, 0.3) is 0 Å². The van der Waals surface area contributed by atoms with E-state index in [-0.39, 0.29) is 12.5 Å². The van der Waals surface area contributed by atoms with Gasteiger partial charge in [-0.2, -0.15) is 0 Å². The monoisotopic (exact) mass is 960 g/mol. The highest BCUT2D eigenvalue weighted by Crippen LogP contribution is 2.23. The standard InChI is InChI=1S/C59H109NO8/c1-3-5-7-9-11-13-15-17-19-21-23-25-27-29-31-33-35-37-39-41-43-45-47-49-55(63)60-52(51-67-59-58(66)57(65)56(64)54(50-61)68-59)53(62)48-46-44-42-40-38-36-34-32-30-28-26-24-22-20-18-16-14-12-10-8-6-4-2/h5,7,11,13,17,19,23,25,52-54,56-59,61-62,64-66H,3-4,6,8-10,12,14-16,18,20-22,24,26-51H2,1-2H3,(H,60,63)/b7-5-,13-11-,19-17-,25-23-. The van der Waals surface area contributed by atoms with Crippen LogP contribution in [0.4, 0.5) is 0 Å². The van der Waals surface area contributed by atoms with Gasteiger partial charge in [-0.3, -0.25) is 4.79 Å². The smallest absolute Gasteiger partial charge is 0.220 e. The molecule has 1 aliphatic heterocycles. The van der Waals surface area contributed by atoms with Gasteiger partial charge < -0.3 is 40.3 Å². The maximum absolute atomic E-state index is 13.1. The van der Waals surface area contributed by atoms with E-state index in [4.69, 9.17) is 9.47 Å². The summed E-state index contributed by atoms with van der Waals surface area (Å²) < 4.78 is 11.3. The number of nitrogens with one attached hydrogen (secondary N) is 1. The van der Waals surface area contributed by atoms with E-state index < -0.39 is 49.5 Å². The van der Waals surface area contributed by atoms with E-state index in [1.807, 2.05) is 0 Å². The molecule has 0 aromatic rings. The summed E-state index contributed by atoms with van der Waals surface area (Å²) in [4.78, 5) is 13.1. The molecule has 1 saturated heterocycles. The maximum Gasteiger partial charge on any atom is 0.220 e. The third kappa shape index (κ3) is 37.9. The molecule has 0 spiro atoms. The van der Waals surface area contributed by atoms with Crippen LogP contribution >= 0.6 is 0 Å². The van der Waals surface area contributed by atoms with Gasteiger partial charge in [-0.05, 0) is 51.4 Å². The summed E-state index contributed by atoms with van der Waals surface area (Å²) in [6.07, 6.45) is 57.0. The van der Waals surface area contributed by atoms with E-state index in [0.29, 0.717) is 12.8 Å². The van der Waals surface area contributed by atoms with Crippen LogP contribution in [-0.2, 0) is 14.3 Å². The van der Waals surface area contributed by atoms with Crippen molar-refractivity contribution in [2.45, 2.75) is 307 Å². The van der Waals surface area contributed by atoms with Crippen LogP contribution in [0.3, 0.4) is 0 Å². The summed E-state index contributed by atoms with van der Waals surface area (Å²) >= 11 is 0. The van der Waals surface area contributed by atoms with Crippen LogP contribution in [0.1, 0.15) is 264 Å². The molecule has 1 fully saturated rings. The number of unbranched alkanes of at least 4 members (excludes halogenated alkanes) is 31. The van der Waals surface area contributed by atoms with E-state index >= 15 is 0 Å². The van der Waals surface area contributed by atoms with Gasteiger partial charge in [0.1, 0.15) is 24.4 Å². The minimum Gasteiger partial charge on any atom is -0.394 e. The third-order valence-corrected chi connectivity index (χ3v) is 13.7. The van der Waals surface area contributed by atoms with Gasteiger partial charge in [0, 0.05) is 6.42 Å². The fourth-order valence-corrected chi connectivity index (χ4v) is 9.15. The molecule has 1 amide bonds. The number of ether oxygens (including phenoxy) is 2. The van der Waals surface area contributed by atoms with Crippen LogP contribution in [0.2, 0.25) is 0 Å². The Hall–Kier alpha value is -1.85. The average Bonchev–Trinajstić information content (AvgIpc) is 3.34. The number of allylic oxidation sites excluding steroid dienone is 8. The van der Waals surface area contributed by atoms with Gasteiger partial charge >= 0.3 is 0 Å². The van der Waals surface area contributed by atoms with E-state index in [2.05, 4.69) is 67.8 Å². The van der Waals surface area contributed by atoms with Crippen LogP contribution < -0.4 is 5.32 Å². The fraction of sp³-hybridized carbons (Fsp3) is 0.847. The molecule has 1 heterocycles. The zero-order valence-corrected chi connectivity index (χ0v) is 44.1. The highest BCUT2D eigenvalue weighted by Gasteiger charge is 2.44. The molecular formula is C59H109NO8. The summed E-state index contributed by atoms with van der Waals surface area (Å²) in [7, 11) is 0. The number of hydrogen-bond donors (Lipinski definition) is 6. The van der Waals surface area contributed by atoms with Crippen molar-refractivity contribution in [2.75, 3.05) is 13.2 Å². The minimum atomic E-state index is -1.56. The summed E-state index contributed by atoms with van der Waals surface area (Å²) in [6, 6.07) is -0.723. The molecule has 7 atom stereocenters. The van der Waals surface area contributed by atoms with Crippen LogP contribution in [0.5, 0.6) is 0 Å². The van der Waals surface area contributed by atoms with Crippen molar-refractivity contribution in [3.8, 4) is 0 Å². The lowest BCUT2D eigenvalue weighted by Gasteiger charge is -2.40. The highest BCUT2D eigenvalue weighted by atomic mass is 16.7. The fourth-order valence-electron chi connectivity index (χ4n) is 9.15. The molecule has 68 heavy (non-hydrogen) atoms. The lowest BCUT2D eigenvalue weighted by molar-refractivity contribution is -0.302. The minimum absolute atomic E-state index is 0.140. The maximum atomic E-state index is 13.1. The first kappa shape index (κ1) is 64.2. The predicted molar refractivity (Wildman–Crippen MR) is 286 cm³/mol. The molecule has 0 bridgehead atoms. The van der Waals surface area contributed by atoms with Gasteiger partial charge in [0.15, 0.2) is 6.29 Å². The summed E-state index contributed by atoms with van der Waals surface area (Å²) in [6.45, 7) is 3.75. The topological polar surface area (TPSA) is 149 Å². The number of carbonyl (C=O) groups excluding carboxylic acids is 1. The van der Waals surface area contributed by atoms with Crippen molar-refractivity contribution in [3.05, 3.63) is 48.6 Å². The predicted octanol–water partition coefficient (Wildman–Crippen LogP) is 14.1. The van der Waals surface area contributed by atoms with Crippen LogP contribution in [-0.4, -0.2) is 87.5 Å². The number of hydrogen-bond acceptors (Lipinski definition) is 8. The molecule has 0 aromatic heterocycles. The third-order valence-electron chi connectivity index (χ3n) is 13.7. The van der Waals surface area contributed by atoms with Gasteiger partial charge in [0.05, 0.1) is 25.4 Å². The number of amides is 1. The number of aliphatic hydroxyl groups excluding tert-OH is 5. The molecule has 1 rings (SSSR count). The molecule has 9 nitrogen and oxygen atoms in total. The molecule has 0 aromatic carbocycles. The molecule has 6 N–H and O–H groups in total. The second-order valence-electron chi connectivity index (χ2n) is 20.1. The first-order valence-electron chi connectivity index (χ1n) is 28.8. The number of carbonyl (C=O) groups is 1. The van der Waals surface area contributed by atoms with Crippen LogP contribution in [0.15, 0.2) is 48.6 Å². The molecule has 0 aliphatic carbocycles. The lowest BCUT2D eigenvalue weighted by atomic mass is 9.99. The average molecular weight is 961 g/mol. The molecule has 1 aliphatic rings. The van der Waals surface area contributed by atoms with Gasteiger partial charge in [-0.1, -0.05) is 255 Å². The highest BCUT2D eigenvalue weighted by molar-refractivity contribution is 5.76. The first-order valence-corrected chi connectivity index (χ1v) is 28.8. The Balaban J connectivity index is 2.21. The lowest BCUT2D eigenvalue weighted by Crippen LogP contribution is -2.60. The Morgan fingerprint density at radius 1 is 0.515 bits per heavy atom. The Morgan fingerprint density at radius 2 is 0.912 bits per heavy atom. The second-order valence-corrected chi connectivity index (χ2v) is 20.1. The van der Waals surface area contributed by atoms with Crippen molar-refractivity contribution in [2.24, 2.45) is 0 Å². The van der Waals surface area contributed by atoms with Gasteiger partial charge in [-0.15, -0.1) is 0 Å². The van der Waals surface area contributed by atoms with Crippen molar-refractivity contribution in [3.63, 3.8) is 0 Å². The van der Waals surface area contributed by atoms with Gasteiger partial charge in [-0.25, -0.2) is 0 Å². The molecule has 0 radical (unpaired) electrons.